The number of aliphatic carboxylic acids is 1. The van der Waals surface area contributed by atoms with Crippen LogP contribution in [0.2, 0.25) is 0 Å². The highest BCUT2D eigenvalue weighted by Gasteiger charge is 2.20. The fraction of sp³-hybridized carbons (Fsp3) is 0.467. The van der Waals surface area contributed by atoms with Gasteiger partial charge in [0, 0.05) is 13.5 Å². The maximum absolute atomic E-state index is 11.7. The zero-order chi connectivity index (χ0) is 16.4. The van der Waals surface area contributed by atoms with Crippen molar-refractivity contribution in [1.82, 2.24) is 5.32 Å². The van der Waals surface area contributed by atoms with Crippen LogP contribution in [0.4, 0.5) is 0 Å². The van der Waals surface area contributed by atoms with Gasteiger partial charge in [0.15, 0.2) is 0 Å². The monoisotopic (exact) mass is 311 g/mol. The third-order valence-corrected chi connectivity index (χ3v) is 2.87. The molecule has 0 bridgehead atoms. The molecule has 1 aromatic rings. The second-order valence-electron chi connectivity index (χ2n) is 4.56. The Hall–Kier alpha value is -2.12. The van der Waals surface area contributed by atoms with E-state index < -0.39 is 17.9 Å². The van der Waals surface area contributed by atoms with Crippen LogP contribution in [-0.2, 0) is 25.5 Å². The number of carbonyl (C=O) groups excluding carboxylic acids is 1. The molecule has 0 saturated heterocycles. The molecule has 122 valence electrons. The normalized spacial score (nSPS) is 11.7. The first-order valence-corrected chi connectivity index (χ1v) is 6.78. The molecule has 0 aliphatic rings. The maximum atomic E-state index is 11.7. The zero-order valence-corrected chi connectivity index (χ0v) is 12.7. The lowest BCUT2D eigenvalue weighted by Gasteiger charge is -2.15. The van der Waals surface area contributed by atoms with Gasteiger partial charge in [-0.2, -0.15) is 0 Å². The number of rotatable bonds is 10. The SMILES string of the molecule is COCCOCC(=O)N[C@H](Cc1cccc(OC)c1)C(=O)O. The van der Waals surface area contributed by atoms with Crippen molar-refractivity contribution in [2.45, 2.75) is 12.5 Å². The Labute approximate surface area is 129 Å². The van der Waals surface area contributed by atoms with Crippen molar-refractivity contribution in [2.24, 2.45) is 0 Å². The van der Waals surface area contributed by atoms with Gasteiger partial charge in [0.25, 0.3) is 0 Å². The van der Waals surface area contributed by atoms with E-state index in [2.05, 4.69) is 5.32 Å². The van der Waals surface area contributed by atoms with Crippen molar-refractivity contribution in [3.05, 3.63) is 29.8 Å². The summed E-state index contributed by atoms with van der Waals surface area (Å²) >= 11 is 0. The second kappa shape index (κ2) is 9.75. The fourth-order valence-electron chi connectivity index (χ4n) is 1.78. The number of nitrogens with one attached hydrogen (secondary N) is 1. The molecule has 0 radical (unpaired) electrons. The minimum atomic E-state index is -1.10. The van der Waals surface area contributed by atoms with Crippen LogP contribution in [0.15, 0.2) is 24.3 Å². The van der Waals surface area contributed by atoms with Gasteiger partial charge in [0.05, 0.1) is 20.3 Å². The van der Waals surface area contributed by atoms with Crippen molar-refractivity contribution >= 4 is 11.9 Å². The van der Waals surface area contributed by atoms with Gasteiger partial charge < -0.3 is 24.6 Å². The summed E-state index contributed by atoms with van der Waals surface area (Å²) < 4.78 is 14.9. The molecule has 0 fully saturated rings. The molecule has 0 heterocycles. The zero-order valence-electron chi connectivity index (χ0n) is 12.7. The largest absolute Gasteiger partial charge is 0.497 e. The van der Waals surface area contributed by atoms with Gasteiger partial charge in [-0.1, -0.05) is 12.1 Å². The molecule has 7 heteroatoms. The van der Waals surface area contributed by atoms with Crippen molar-refractivity contribution in [1.29, 1.82) is 0 Å². The van der Waals surface area contributed by atoms with Crippen molar-refractivity contribution in [3.8, 4) is 5.75 Å². The van der Waals surface area contributed by atoms with Gasteiger partial charge in [0.2, 0.25) is 5.91 Å². The minimum Gasteiger partial charge on any atom is -0.497 e. The standard InChI is InChI=1S/C15H21NO6/c1-20-6-7-22-10-14(17)16-13(15(18)19)9-11-4-3-5-12(8-11)21-2/h3-5,8,13H,6-7,9-10H2,1-2H3,(H,16,17)(H,18,19)/t13-/m1/s1. The number of benzene rings is 1. The van der Waals surface area contributed by atoms with E-state index in [0.29, 0.717) is 12.4 Å². The van der Waals surface area contributed by atoms with E-state index in [0.717, 1.165) is 5.56 Å². The summed E-state index contributed by atoms with van der Waals surface area (Å²) in [6.45, 7) is 0.447. The predicted molar refractivity (Wildman–Crippen MR) is 79.0 cm³/mol. The van der Waals surface area contributed by atoms with Crippen LogP contribution in [-0.4, -0.2) is 57.1 Å². The van der Waals surface area contributed by atoms with E-state index in [-0.39, 0.29) is 19.6 Å². The fourth-order valence-corrected chi connectivity index (χ4v) is 1.78. The Bertz CT molecular complexity index is 491. The number of carbonyl (C=O) groups is 2. The average Bonchev–Trinajstić information content (AvgIpc) is 2.51. The lowest BCUT2D eigenvalue weighted by molar-refractivity contribution is -0.142. The summed E-state index contributed by atoms with van der Waals surface area (Å²) in [4.78, 5) is 22.9. The molecule has 2 N–H and O–H groups in total. The Morgan fingerprint density at radius 3 is 2.68 bits per heavy atom. The van der Waals surface area contributed by atoms with Gasteiger partial charge >= 0.3 is 5.97 Å². The van der Waals surface area contributed by atoms with Crippen molar-refractivity contribution < 1.29 is 28.9 Å². The number of methoxy groups -OCH3 is 2. The third kappa shape index (κ3) is 6.55. The first-order chi connectivity index (χ1) is 10.6. The maximum Gasteiger partial charge on any atom is 0.326 e. The molecule has 1 aromatic carbocycles. The summed E-state index contributed by atoms with van der Waals surface area (Å²) in [6.07, 6.45) is 0.163. The van der Waals surface area contributed by atoms with Gasteiger partial charge in [0.1, 0.15) is 18.4 Å². The number of carboxylic acid groups (broad SMARTS) is 1. The van der Waals surface area contributed by atoms with Gasteiger partial charge in [-0.3, -0.25) is 4.79 Å². The van der Waals surface area contributed by atoms with Crippen LogP contribution in [0.3, 0.4) is 0 Å². The van der Waals surface area contributed by atoms with E-state index in [1.807, 2.05) is 0 Å². The summed E-state index contributed by atoms with van der Waals surface area (Å²) in [7, 11) is 3.06. The molecule has 0 unspecified atom stereocenters. The molecular formula is C15H21NO6. The van der Waals surface area contributed by atoms with Crippen LogP contribution in [0.25, 0.3) is 0 Å². The van der Waals surface area contributed by atoms with Crippen molar-refractivity contribution in [2.75, 3.05) is 34.0 Å². The number of hydrogen-bond acceptors (Lipinski definition) is 5. The highest BCUT2D eigenvalue weighted by molar-refractivity contribution is 5.84. The Morgan fingerprint density at radius 1 is 1.27 bits per heavy atom. The quantitative estimate of drug-likeness (QED) is 0.610. The van der Waals surface area contributed by atoms with E-state index >= 15 is 0 Å². The molecule has 0 aliphatic heterocycles. The number of hydrogen-bond donors (Lipinski definition) is 2. The summed E-state index contributed by atoms with van der Waals surface area (Å²) in [6, 6.07) is 6.02. The second-order valence-corrected chi connectivity index (χ2v) is 4.56. The van der Waals surface area contributed by atoms with E-state index in [1.165, 1.54) is 14.2 Å². The highest BCUT2D eigenvalue weighted by atomic mass is 16.5. The highest BCUT2D eigenvalue weighted by Crippen LogP contribution is 2.14. The van der Waals surface area contributed by atoms with Crippen LogP contribution in [0.5, 0.6) is 5.75 Å². The van der Waals surface area contributed by atoms with Crippen LogP contribution in [0.1, 0.15) is 5.56 Å². The number of ether oxygens (including phenoxy) is 3. The summed E-state index contributed by atoms with van der Waals surface area (Å²) in [5.74, 6) is -0.949. The van der Waals surface area contributed by atoms with Gasteiger partial charge in [-0.25, -0.2) is 4.79 Å². The lowest BCUT2D eigenvalue weighted by atomic mass is 10.1. The number of amides is 1. The lowest BCUT2D eigenvalue weighted by Crippen LogP contribution is -2.44. The predicted octanol–water partition coefficient (Wildman–Crippen LogP) is 0.470. The molecule has 7 nitrogen and oxygen atoms in total. The summed E-state index contributed by atoms with van der Waals surface area (Å²) in [5, 5.41) is 11.6. The van der Waals surface area contributed by atoms with Crippen LogP contribution in [0, 0.1) is 0 Å². The number of carboxylic acids is 1. The minimum absolute atomic E-state index is 0.163. The Balaban J connectivity index is 2.54. The molecule has 1 rings (SSSR count). The van der Waals surface area contributed by atoms with Gasteiger partial charge in [-0.15, -0.1) is 0 Å². The van der Waals surface area contributed by atoms with Crippen molar-refractivity contribution in [3.63, 3.8) is 0 Å². The van der Waals surface area contributed by atoms with E-state index in [4.69, 9.17) is 14.2 Å². The molecule has 0 aliphatic carbocycles. The average molecular weight is 311 g/mol. The summed E-state index contributed by atoms with van der Waals surface area (Å²) in [5.41, 5.74) is 0.757. The first kappa shape index (κ1) is 17.9. The molecule has 1 amide bonds. The Morgan fingerprint density at radius 2 is 2.05 bits per heavy atom. The first-order valence-electron chi connectivity index (χ1n) is 6.78. The smallest absolute Gasteiger partial charge is 0.326 e. The van der Waals surface area contributed by atoms with E-state index in [9.17, 15) is 14.7 Å². The third-order valence-electron chi connectivity index (χ3n) is 2.87. The topological polar surface area (TPSA) is 94.1 Å². The Kier molecular flexibility index (Phi) is 7.95. The molecule has 0 aromatic heterocycles. The molecular weight excluding hydrogens is 290 g/mol. The molecule has 0 saturated carbocycles. The molecule has 0 spiro atoms. The van der Waals surface area contributed by atoms with Crippen LogP contribution >= 0.6 is 0 Å². The molecule has 22 heavy (non-hydrogen) atoms. The van der Waals surface area contributed by atoms with E-state index in [1.54, 1.807) is 24.3 Å². The van der Waals surface area contributed by atoms with Gasteiger partial charge in [-0.05, 0) is 17.7 Å². The molecule has 1 atom stereocenters. The van der Waals surface area contributed by atoms with Crippen LogP contribution < -0.4 is 10.1 Å².